The molecule has 1 heterocycles. The lowest BCUT2D eigenvalue weighted by atomic mass is 9.85. The van der Waals surface area contributed by atoms with Gasteiger partial charge in [-0.1, -0.05) is 50.5 Å². The van der Waals surface area contributed by atoms with E-state index in [-0.39, 0.29) is 12.5 Å². The van der Waals surface area contributed by atoms with Gasteiger partial charge in [-0.25, -0.2) is 0 Å². The lowest BCUT2D eigenvalue weighted by Gasteiger charge is -2.28. The zero-order valence-electron chi connectivity index (χ0n) is 15.5. The molecule has 1 aliphatic carbocycles. The molecular weight excluding hydrogens is 316 g/mol. The maximum Gasteiger partial charge on any atom is 0.303 e. The third-order valence-corrected chi connectivity index (χ3v) is 5.57. The third-order valence-electron chi connectivity index (χ3n) is 5.57. The Kier molecular flexibility index (Phi) is 8.70. The Morgan fingerprint density at radius 2 is 2.12 bits per heavy atom. The number of hydrogen-bond acceptors (Lipinski definition) is 3. The first-order valence-corrected chi connectivity index (χ1v) is 9.96. The number of rotatable bonds is 12. The fraction of sp³-hybridized carbons (Fsp3) is 0.762. The van der Waals surface area contributed by atoms with Crippen molar-refractivity contribution < 1.29 is 19.7 Å². The van der Waals surface area contributed by atoms with E-state index in [1.54, 1.807) is 0 Å². The first-order valence-electron chi connectivity index (χ1n) is 9.96. The van der Waals surface area contributed by atoms with Crippen molar-refractivity contribution in [3.63, 3.8) is 0 Å². The summed E-state index contributed by atoms with van der Waals surface area (Å²) >= 11 is 0. The van der Waals surface area contributed by atoms with Gasteiger partial charge in [-0.15, -0.1) is 0 Å². The zero-order chi connectivity index (χ0) is 18.1. The van der Waals surface area contributed by atoms with Crippen LogP contribution in [0, 0.1) is 17.8 Å². The molecule has 4 heteroatoms. The summed E-state index contributed by atoms with van der Waals surface area (Å²) in [5, 5.41) is 18.8. The molecule has 2 aliphatic rings. The highest BCUT2D eigenvalue weighted by molar-refractivity contribution is 5.66. The molecule has 2 N–H and O–H groups in total. The molecule has 1 saturated heterocycles. The van der Waals surface area contributed by atoms with Crippen LogP contribution in [-0.2, 0) is 9.53 Å². The number of aliphatic hydroxyl groups is 1. The molecule has 25 heavy (non-hydrogen) atoms. The van der Waals surface area contributed by atoms with E-state index in [9.17, 15) is 9.90 Å². The van der Waals surface area contributed by atoms with E-state index >= 15 is 0 Å². The third kappa shape index (κ3) is 6.59. The van der Waals surface area contributed by atoms with Gasteiger partial charge in [0.1, 0.15) is 0 Å². The molecule has 2 rings (SSSR count). The van der Waals surface area contributed by atoms with Crippen LogP contribution in [0.2, 0.25) is 0 Å². The maximum absolute atomic E-state index is 10.5. The second-order valence-electron chi connectivity index (χ2n) is 7.55. The first kappa shape index (κ1) is 20.2. The van der Waals surface area contributed by atoms with Gasteiger partial charge in [0.25, 0.3) is 0 Å². The summed E-state index contributed by atoms with van der Waals surface area (Å²) in [6.45, 7) is 3.03. The summed E-state index contributed by atoms with van der Waals surface area (Å²) in [6.07, 6.45) is 16.8. The minimum absolute atomic E-state index is 0.239. The van der Waals surface area contributed by atoms with Gasteiger partial charge in [0.05, 0.1) is 18.8 Å². The molecule has 0 unspecified atom stereocenters. The molecule has 0 radical (unpaired) electrons. The quantitative estimate of drug-likeness (QED) is 0.406. The van der Waals surface area contributed by atoms with Gasteiger partial charge in [-0.3, -0.25) is 4.79 Å². The number of unbranched alkanes of at least 4 members (excludes halogenated alkanes) is 3. The molecular formula is C21H34O4. The summed E-state index contributed by atoms with van der Waals surface area (Å²) in [5.74, 6) is 0.865. The standard InChI is InChI=1S/C21H34O4/c1-2-3-6-9-17(22)12-13-18-16-14-20(25-15-16)19(18)10-7-4-5-8-11-21(23)24/h4,7,12-13,16-20,22H,2-3,5-6,8-11,14-15H2,1H3,(H,23,24)/b7-4-,13-12+/t16-,17+,18+,19-,20-/m1/s1. The second-order valence-corrected chi connectivity index (χ2v) is 7.55. The van der Waals surface area contributed by atoms with Crippen LogP contribution in [0.3, 0.4) is 0 Å². The predicted molar refractivity (Wildman–Crippen MR) is 99.4 cm³/mol. The largest absolute Gasteiger partial charge is 0.481 e. The Labute approximate surface area is 152 Å². The van der Waals surface area contributed by atoms with E-state index in [1.165, 1.54) is 12.8 Å². The van der Waals surface area contributed by atoms with E-state index in [2.05, 4.69) is 25.2 Å². The van der Waals surface area contributed by atoms with Gasteiger partial charge in [-0.2, -0.15) is 0 Å². The minimum atomic E-state index is -0.724. The molecule has 0 amide bonds. The second kappa shape index (κ2) is 10.8. The average molecular weight is 350 g/mol. The molecule has 0 aromatic heterocycles. The van der Waals surface area contributed by atoms with E-state index in [0.717, 1.165) is 38.7 Å². The highest BCUT2D eigenvalue weighted by Gasteiger charge is 2.46. The number of allylic oxidation sites excluding steroid dienone is 3. The molecule has 1 saturated carbocycles. The lowest BCUT2D eigenvalue weighted by molar-refractivity contribution is -0.137. The summed E-state index contributed by atoms with van der Waals surface area (Å²) in [6, 6.07) is 0. The summed E-state index contributed by atoms with van der Waals surface area (Å²) < 4.78 is 5.88. The van der Waals surface area contributed by atoms with Gasteiger partial charge in [-0.05, 0) is 49.9 Å². The molecule has 142 valence electrons. The molecule has 5 atom stereocenters. The fourth-order valence-electron chi connectivity index (χ4n) is 4.15. The van der Waals surface area contributed by atoms with Crippen molar-refractivity contribution in [2.45, 2.75) is 76.9 Å². The lowest BCUT2D eigenvalue weighted by Crippen LogP contribution is -2.27. The molecule has 0 aromatic carbocycles. The highest BCUT2D eigenvalue weighted by Crippen LogP contribution is 2.47. The topological polar surface area (TPSA) is 66.8 Å². The van der Waals surface area contributed by atoms with Gasteiger partial charge in [0.2, 0.25) is 0 Å². The Balaban J connectivity index is 1.78. The Hall–Kier alpha value is -1.13. The summed E-state index contributed by atoms with van der Waals surface area (Å²) in [7, 11) is 0. The number of carbonyl (C=O) groups is 1. The van der Waals surface area contributed by atoms with Crippen molar-refractivity contribution in [3.05, 3.63) is 24.3 Å². The molecule has 2 bridgehead atoms. The Morgan fingerprint density at radius 1 is 1.28 bits per heavy atom. The van der Waals surface area contributed by atoms with Crippen LogP contribution < -0.4 is 0 Å². The molecule has 0 aromatic rings. The average Bonchev–Trinajstić information content (AvgIpc) is 3.17. The van der Waals surface area contributed by atoms with Crippen LogP contribution in [0.1, 0.15) is 64.7 Å². The number of aliphatic carboxylic acids is 1. The molecule has 1 aliphatic heterocycles. The van der Waals surface area contributed by atoms with Gasteiger partial charge in [0, 0.05) is 6.42 Å². The van der Waals surface area contributed by atoms with E-state index < -0.39 is 5.97 Å². The van der Waals surface area contributed by atoms with Crippen LogP contribution in [0.5, 0.6) is 0 Å². The molecule has 0 spiro atoms. The number of fused-ring (bicyclic) bond motifs is 2. The van der Waals surface area contributed by atoms with Crippen LogP contribution in [0.25, 0.3) is 0 Å². The maximum atomic E-state index is 10.5. The minimum Gasteiger partial charge on any atom is -0.481 e. The summed E-state index contributed by atoms with van der Waals surface area (Å²) in [4.78, 5) is 10.5. The van der Waals surface area contributed by atoms with Crippen molar-refractivity contribution in [3.8, 4) is 0 Å². The van der Waals surface area contributed by atoms with Crippen molar-refractivity contribution >= 4 is 5.97 Å². The van der Waals surface area contributed by atoms with Gasteiger partial charge >= 0.3 is 5.97 Å². The number of carboxylic acid groups (broad SMARTS) is 1. The van der Waals surface area contributed by atoms with E-state index in [0.29, 0.717) is 30.3 Å². The normalized spacial score (nSPS) is 29.8. The first-order chi connectivity index (χ1) is 12.1. The number of ether oxygens (including phenoxy) is 1. The van der Waals surface area contributed by atoms with Crippen LogP contribution in [-0.4, -0.2) is 35.0 Å². The number of hydrogen-bond donors (Lipinski definition) is 2. The van der Waals surface area contributed by atoms with Gasteiger partial charge in [0.15, 0.2) is 0 Å². The van der Waals surface area contributed by atoms with E-state index in [4.69, 9.17) is 9.84 Å². The zero-order valence-corrected chi connectivity index (χ0v) is 15.5. The Bertz CT molecular complexity index is 457. The number of aliphatic hydroxyl groups excluding tert-OH is 1. The monoisotopic (exact) mass is 350 g/mol. The smallest absolute Gasteiger partial charge is 0.303 e. The highest BCUT2D eigenvalue weighted by atomic mass is 16.5. The molecule has 2 fully saturated rings. The van der Waals surface area contributed by atoms with Gasteiger partial charge < -0.3 is 14.9 Å². The number of carboxylic acids is 1. The SMILES string of the molecule is CCCCC[C@H](O)/C=C/[C@H]1[C@H]2CO[C@H](C2)[C@@H]1C/C=C\CCCC(=O)O. The Morgan fingerprint density at radius 3 is 2.88 bits per heavy atom. The van der Waals surface area contributed by atoms with Crippen LogP contribution >= 0.6 is 0 Å². The van der Waals surface area contributed by atoms with Crippen molar-refractivity contribution in [1.29, 1.82) is 0 Å². The fourth-order valence-corrected chi connectivity index (χ4v) is 4.15. The van der Waals surface area contributed by atoms with Crippen molar-refractivity contribution in [2.75, 3.05) is 6.61 Å². The van der Waals surface area contributed by atoms with E-state index in [1.807, 2.05) is 6.08 Å². The van der Waals surface area contributed by atoms with Crippen LogP contribution in [0.4, 0.5) is 0 Å². The predicted octanol–water partition coefficient (Wildman–Crippen LogP) is 4.34. The molecule has 4 nitrogen and oxygen atoms in total. The van der Waals surface area contributed by atoms with Crippen molar-refractivity contribution in [1.82, 2.24) is 0 Å². The van der Waals surface area contributed by atoms with Crippen molar-refractivity contribution in [2.24, 2.45) is 17.8 Å². The summed E-state index contributed by atoms with van der Waals surface area (Å²) in [5.41, 5.74) is 0. The van der Waals surface area contributed by atoms with Crippen LogP contribution in [0.15, 0.2) is 24.3 Å².